The summed E-state index contributed by atoms with van der Waals surface area (Å²) in [5.74, 6) is 0. The molecule has 2 N–H and O–H groups in total. The maximum absolute atomic E-state index is 9.06. The molecule has 0 spiro atoms. The molecule has 2 aromatic heterocycles. The van der Waals surface area contributed by atoms with E-state index in [1.54, 1.807) is 18.5 Å². The summed E-state index contributed by atoms with van der Waals surface area (Å²) in [5.41, 5.74) is 2.27. The van der Waals surface area contributed by atoms with E-state index >= 15 is 0 Å². The molecule has 0 aliphatic rings. The lowest BCUT2D eigenvalue weighted by molar-refractivity contribution is 1.44. The molecule has 0 atom stereocenters. The molecule has 0 radical (unpaired) electrons. The summed E-state index contributed by atoms with van der Waals surface area (Å²) >= 11 is 9.02. The molecule has 0 bridgehead atoms. The Morgan fingerprint density at radius 3 is 3.11 bits per heavy atom. The summed E-state index contributed by atoms with van der Waals surface area (Å²) in [4.78, 5) is 4.12. The number of anilines is 1. The fraction of sp³-hybridized carbons (Fsp3) is 0. The van der Waals surface area contributed by atoms with Crippen LogP contribution in [0.2, 0.25) is 5.02 Å². The third-order valence-electron chi connectivity index (χ3n) is 2.59. The molecular formula is C12H7ClN4S2. The van der Waals surface area contributed by atoms with E-state index in [1.807, 2.05) is 11.4 Å². The largest absolute Gasteiger partial charge is 0.358 e. The van der Waals surface area contributed by atoms with Crippen LogP contribution < -0.4 is 4.72 Å². The van der Waals surface area contributed by atoms with E-state index in [0.29, 0.717) is 10.6 Å². The number of fused-ring (bicyclic) bond motifs is 1. The first-order chi connectivity index (χ1) is 9.29. The molecule has 3 rings (SSSR count). The summed E-state index contributed by atoms with van der Waals surface area (Å²) in [7, 11) is 0. The monoisotopic (exact) mass is 306 g/mol. The first kappa shape index (κ1) is 12.4. The molecule has 4 nitrogen and oxygen atoms in total. The molecule has 0 unspecified atom stereocenters. The van der Waals surface area contributed by atoms with Gasteiger partial charge in [-0.1, -0.05) is 11.6 Å². The van der Waals surface area contributed by atoms with Crippen LogP contribution in [0.25, 0.3) is 10.9 Å². The van der Waals surface area contributed by atoms with Gasteiger partial charge < -0.3 is 9.71 Å². The summed E-state index contributed by atoms with van der Waals surface area (Å²) in [6.45, 7) is 0. The molecule has 2 heterocycles. The number of hydrogen-bond donors (Lipinski definition) is 2. The molecule has 0 saturated carbocycles. The van der Waals surface area contributed by atoms with E-state index in [4.69, 9.17) is 16.9 Å². The lowest BCUT2D eigenvalue weighted by atomic mass is 10.1. The van der Waals surface area contributed by atoms with E-state index in [1.165, 1.54) is 23.5 Å². The van der Waals surface area contributed by atoms with Crippen molar-refractivity contribution in [1.82, 2.24) is 9.36 Å². The summed E-state index contributed by atoms with van der Waals surface area (Å²) in [6, 6.07) is 5.80. The maximum Gasteiger partial charge on any atom is 0.101 e. The predicted molar refractivity (Wildman–Crippen MR) is 79.6 cm³/mol. The van der Waals surface area contributed by atoms with Crippen LogP contribution in [0.1, 0.15) is 5.56 Å². The Hall–Kier alpha value is -1.68. The number of rotatable bonds is 3. The highest BCUT2D eigenvalue weighted by molar-refractivity contribution is 8.00. The Balaban J connectivity index is 1.98. The third kappa shape index (κ3) is 2.28. The number of hydrogen-bond acceptors (Lipinski definition) is 5. The van der Waals surface area contributed by atoms with Gasteiger partial charge in [-0.3, -0.25) is 0 Å². The average molecular weight is 307 g/mol. The van der Waals surface area contributed by atoms with Gasteiger partial charge >= 0.3 is 0 Å². The van der Waals surface area contributed by atoms with Crippen molar-refractivity contribution < 1.29 is 0 Å². The Bertz CT molecular complexity index is 758. The highest BCUT2D eigenvalue weighted by Gasteiger charge is 2.11. The van der Waals surface area contributed by atoms with Crippen molar-refractivity contribution >= 4 is 51.7 Å². The molecule has 19 heavy (non-hydrogen) atoms. The minimum atomic E-state index is 0.547. The van der Waals surface area contributed by atoms with Gasteiger partial charge in [0.2, 0.25) is 0 Å². The van der Waals surface area contributed by atoms with Crippen LogP contribution >= 0.6 is 35.1 Å². The highest BCUT2D eigenvalue weighted by atomic mass is 35.5. The van der Waals surface area contributed by atoms with Crippen molar-refractivity contribution in [3.05, 3.63) is 40.5 Å². The molecule has 0 aliphatic carbocycles. The van der Waals surface area contributed by atoms with E-state index < -0.39 is 0 Å². The average Bonchev–Trinajstić information content (AvgIpc) is 3.07. The fourth-order valence-corrected chi connectivity index (χ4v) is 3.29. The zero-order chi connectivity index (χ0) is 13.2. The van der Waals surface area contributed by atoms with Gasteiger partial charge in [0.05, 0.1) is 32.9 Å². The predicted octanol–water partition coefficient (Wildman–Crippen LogP) is 4.27. The van der Waals surface area contributed by atoms with Crippen LogP contribution in [0.3, 0.4) is 0 Å². The Kier molecular flexibility index (Phi) is 3.34. The first-order valence-electron chi connectivity index (χ1n) is 5.31. The fourth-order valence-electron chi connectivity index (χ4n) is 1.74. The van der Waals surface area contributed by atoms with E-state index in [9.17, 15) is 0 Å². The Morgan fingerprint density at radius 1 is 1.47 bits per heavy atom. The maximum atomic E-state index is 9.06. The van der Waals surface area contributed by atoms with Gasteiger partial charge in [-0.05, 0) is 35.6 Å². The molecule has 94 valence electrons. The minimum absolute atomic E-state index is 0.547. The van der Waals surface area contributed by atoms with Crippen LogP contribution in [-0.2, 0) is 0 Å². The van der Waals surface area contributed by atoms with Crippen molar-refractivity contribution in [1.29, 1.82) is 5.26 Å². The standard InChI is InChI=1S/C12H7ClN4S2/c13-9-1-2-10(17-19-8-5-16-18-6-8)12-11(9)7(3-14)4-15-12/h1-2,4-6,15,17H. The third-order valence-corrected chi connectivity index (χ3v) is 4.43. The zero-order valence-corrected chi connectivity index (χ0v) is 11.9. The van der Waals surface area contributed by atoms with Gasteiger partial charge in [0.25, 0.3) is 0 Å². The molecule has 0 fully saturated rings. The minimum Gasteiger partial charge on any atom is -0.358 e. The van der Waals surface area contributed by atoms with E-state index in [-0.39, 0.29) is 0 Å². The number of benzene rings is 1. The Morgan fingerprint density at radius 2 is 2.37 bits per heavy atom. The summed E-state index contributed by atoms with van der Waals surface area (Å²) in [5, 5.41) is 12.3. The van der Waals surface area contributed by atoms with Crippen LogP contribution in [0.5, 0.6) is 0 Å². The van der Waals surface area contributed by atoms with Gasteiger partial charge in [0.1, 0.15) is 6.07 Å². The number of halogens is 1. The number of aromatic nitrogens is 2. The first-order valence-corrected chi connectivity index (χ1v) is 7.34. The highest BCUT2D eigenvalue weighted by Crippen LogP contribution is 2.33. The van der Waals surface area contributed by atoms with Crippen molar-refractivity contribution in [2.75, 3.05) is 4.72 Å². The van der Waals surface area contributed by atoms with Crippen molar-refractivity contribution in [2.24, 2.45) is 0 Å². The molecule has 7 heteroatoms. The van der Waals surface area contributed by atoms with Gasteiger partial charge in [0.15, 0.2) is 0 Å². The molecule has 3 aromatic rings. The van der Waals surface area contributed by atoms with Crippen LogP contribution in [0.15, 0.2) is 34.8 Å². The molecule has 0 aliphatic heterocycles. The number of nitrogens with one attached hydrogen (secondary N) is 2. The second-order valence-electron chi connectivity index (χ2n) is 3.72. The van der Waals surface area contributed by atoms with Crippen LogP contribution in [0.4, 0.5) is 5.69 Å². The van der Waals surface area contributed by atoms with E-state index in [0.717, 1.165) is 21.5 Å². The lowest BCUT2D eigenvalue weighted by Crippen LogP contribution is -1.87. The summed E-state index contributed by atoms with van der Waals surface area (Å²) in [6.07, 6.45) is 3.46. The smallest absolute Gasteiger partial charge is 0.101 e. The van der Waals surface area contributed by atoms with Gasteiger partial charge in [-0.2, -0.15) is 9.64 Å². The van der Waals surface area contributed by atoms with Gasteiger partial charge in [0, 0.05) is 17.0 Å². The zero-order valence-electron chi connectivity index (χ0n) is 9.48. The second kappa shape index (κ2) is 5.13. The van der Waals surface area contributed by atoms with Crippen molar-refractivity contribution in [2.45, 2.75) is 4.90 Å². The Labute approximate surface area is 122 Å². The SMILES string of the molecule is N#Cc1c[nH]c2c(NSc3cnsc3)ccc(Cl)c12. The van der Waals surface area contributed by atoms with Crippen molar-refractivity contribution in [3.63, 3.8) is 0 Å². The normalized spacial score (nSPS) is 10.5. The second-order valence-corrected chi connectivity index (χ2v) is 5.67. The summed E-state index contributed by atoms with van der Waals surface area (Å²) < 4.78 is 7.28. The number of nitrogens with zero attached hydrogens (tertiary/aromatic N) is 2. The number of H-pyrrole nitrogens is 1. The topological polar surface area (TPSA) is 64.5 Å². The van der Waals surface area contributed by atoms with E-state index in [2.05, 4.69) is 20.1 Å². The number of aromatic amines is 1. The van der Waals surface area contributed by atoms with Crippen molar-refractivity contribution in [3.8, 4) is 6.07 Å². The molecule has 1 aromatic carbocycles. The molecule has 0 saturated heterocycles. The van der Waals surface area contributed by atoms with Crippen LogP contribution in [0, 0.1) is 11.3 Å². The van der Waals surface area contributed by atoms with Gasteiger partial charge in [-0.15, -0.1) is 0 Å². The lowest BCUT2D eigenvalue weighted by Gasteiger charge is -2.06. The number of nitriles is 1. The van der Waals surface area contributed by atoms with Crippen LogP contribution in [-0.4, -0.2) is 9.36 Å². The van der Waals surface area contributed by atoms with Gasteiger partial charge in [-0.25, -0.2) is 0 Å². The quantitative estimate of drug-likeness (QED) is 0.709. The molecular weight excluding hydrogens is 300 g/mol. The molecule has 0 amide bonds.